The summed E-state index contributed by atoms with van der Waals surface area (Å²) in [5, 5.41) is 11.4. The van der Waals surface area contributed by atoms with Crippen LogP contribution in [0.4, 0.5) is 4.79 Å². The topological polar surface area (TPSA) is 52.6 Å². The number of nitrogens with zero attached hydrogens (tertiary/aromatic N) is 1. The highest BCUT2D eigenvalue weighted by Crippen LogP contribution is 2.15. The van der Waals surface area contributed by atoms with Crippen LogP contribution in [0, 0.1) is 11.8 Å². The van der Waals surface area contributed by atoms with E-state index < -0.39 is 0 Å². The fourth-order valence-electron chi connectivity index (χ4n) is 1.07. The summed E-state index contributed by atoms with van der Waals surface area (Å²) in [6.07, 6.45) is 0.491. The van der Waals surface area contributed by atoms with Gasteiger partial charge in [-0.3, -0.25) is 0 Å². The number of aliphatic hydroxyl groups is 1. The third kappa shape index (κ3) is 4.89. The molecule has 4 nitrogen and oxygen atoms in total. The lowest BCUT2D eigenvalue weighted by Crippen LogP contribution is -2.33. The second-order valence-corrected chi connectivity index (χ2v) is 4.76. The normalized spacial score (nSPS) is 9.35. The molecule has 0 aliphatic carbocycles. The molecule has 2 N–H and O–H groups in total. The Bertz CT molecular complexity index is 429. The van der Waals surface area contributed by atoms with Gasteiger partial charge in [0.1, 0.15) is 0 Å². The third-order valence-electron chi connectivity index (χ3n) is 1.93. The Morgan fingerprint density at radius 3 is 2.94 bits per heavy atom. The van der Waals surface area contributed by atoms with E-state index in [4.69, 9.17) is 5.11 Å². The minimum atomic E-state index is -0.105. The van der Waals surface area contributed by atoms with E-state index in [1.165, 1.54) is 4.90 Å². The highest BCUT2D eigenvalue weighted by molar-refractivity contribution is 7.12. The maximum Gasteiger partial charge on any atom is 0.317 e. The van der Waals surface area contributed by atoms with Crippen LogP contribution >= 0.6 is 11.3 Å². The lowest BCUT2D eigenvalue weighted by molar-refractivity contribution is 0.217. The first kappa shape index (κ1) is 13.6. The molecular weight excluding hydrogens is 236 g/mol. The molecule has 0 atom stereocenters. The smallest absolute Gasteiger partial charge is 0.317 e. The van der Waals surface area contributed by atoms with Crippen molar-refractivity contribution in [3.63, 3.8) is 0 Å². The van der Waals surface area contributed by atoms with Crippen molar-refractivity contribution in [1.82, 2.24) is 10.2 Å². The molecule has 0 bridgehead atoms. The SMILES string of the molecule is CN(C)C(=O)NCc1ccc(C#CCCO)s1. The Balaban J connectivity index is 2.47. The van der Waals surface area contributed by atoms with Crippen LogP contribution in [0.1, 0.15) is 16.2 Å². The number of carbonyl (C=O) groups excluding carboxylic acids is 1. The molecule has 92 valence electrons. The van der Waals surface area contributed by atoms with Gasteiger partial charge in [-0.2, -0.15) is 0 Å². The molecule has 1 heterocycles. The number of thiophene rings is 1. The number of rotatable bonds is 3. The van der Waals surface area contributed by atoms with Gasteiger partial charge in [-0.05, 0) is 12.1 Å². The van der Waals surface area contributed by atoms with E-state index in [1.54, 1.807) is 25.4 Å². The summed E-state index contributed by atoms with van der Waals surface area (Å²) in [7, 11) is 3.41. The monoisotopic (exact) mass is 252 g/mol. The molecule has 0 unspecified atom stereocenters. The Hall–Kier alpha value is -1.51. The molecule has 1 aromatic rings. The number of urea groups is 1. The summed E-state index contributed by atoms with van der Waals surface area (Å²) in [5.41, 5.74) is 0. The highest BCUT2D eigenvalue weighted by Gasteiger charge is 2.03. The first-order valence-corrected chi connectivity index (χ1v) is 6.08. The van der Waals surface area contributed by atoms with Crippen LogP contribution in [0.5, 0.6) is 0 Å². The van der Waals surface area contributed by atoms with E-state index in [9.17, 15) is 4.79 Å². The van der Waals surface area contributed by atoms with Gasteiger partial charge in [0.2, 0.25) is 0 Å². The van der Waals surface area contributed by atoms with Crippen LogP contribution in [0.2, 0.25) is 0 Å². The summed E-state index contributed by atoms with van der Waals surface area (Å²) in [6, 6.07) is 3.77. The molecule has 5 heteroatoms. The predicted octanol–water partition coefficient (Wildman–Crippen LogP) is 1.25. The Morgan fingerprint density at radius 1 is 1.53 bits per heavy atom. The fourth-order valence-corrected chi connectivity index (χ4v) is 1.89. The van der Waals surface area contributed by atoms with E-state index in [-0.39, 0.29) is 12.6 Å². The van der Waals surface area contributed by atoms with E-state index in [0.717, 1.165) is 9.75 Å². The van der Waals surface area contributed by atoms with Crippen molar-refractivity contribution >= 4 is 17.4 Å². The summed E-state index contributed by atoms with van der Waals surface area (Å²) in [6.45, 7) is 0.605. The maximum atomic E-state index is 11.3. The van der Waals surface area contributed by atoms with Gasteiger partial charge in [-0.1, -0.05) is 11.8 Å². The van der Waals surface area contributed by atoms with Crippen LogP contribution in [-0.2, 0) is 6.54 Å². The van der Waals surface area contributed by atoms with Gasteiger partial charge in [0.05, 0.1) is 18.0 Å². The summed E-state index contributed by atoms with van der Waals surface area (Å²) < 4.78 is 0. The van der Waals surface area contributed by atoms with Crippen molar-refractivity contribution in [2.45, 2.75) is 13.0 Å². The predicted molar refractivity (Wildman–Crippen MR) is 68.8 cm³/mol. The number of carbonyl (C=O) groups is 1. The van der Waals surface area contributed by atoms with Gasteiger partial charge in [-0.15, -0.1) is 11.3 Å². The first-order chi connectivity index (χ1) is 8.13. The zero-order valence-corrected chi connectivity index (χ0v) is 10.8. The van der Waals surface area contributed by atoms with E-state index >= 15 is 0 Å². The number of hydrogen-bond acceptors (Lipinski definition) is 3. The number of hydrogen-bond donors (Lipinski definition) is 2. The molecule has 2 amide bonds. The van der Waals surface area contributed by atoms with Crippen LogP contribution in [-0.4, -0.2) is 36.7 Å². The van der Waals surface area contributed by atoms with Crippen molar-refractivity contribution in [2.24, 2.45) is 0 Å². The molecule has 0 aliphatic heterocycles. The van der Waals surface area contributed by atoms with Crippen LogP contribution < -0.4 is 5.32 Å². The molecule has 0 aromatic carbocycles. The molecule has 0 aliphatic rings. The highest BCUT2D eigenvalue weighted by atomic mass is 32.1. The zero-order valence-electron chi connectivity index (χ0n) is 9.99. The minimum absolute atomic E-state index is 0.0874. The summed E-state index contributed by atoms with van der Waals surface area (Å²) >= 11 is 1.55. The third-order valence-corrected chi connectivity index (χ3v) is 2.93. The Morgan fingerprint density at radius 2 is 2.29 bits per heavy atom. The van der Waals surface area contributed by atoms with Gasteiger partial charge in [0.25, 0.3) is 0 Å². The van der Waals surface area contributed by atoms with Crippen molar-refractivity contribution in [3.05, 3.63) is 21.9 Å². The van der Waals surface area contributed by atoms with E-state index in [0.29, 0.717) is 13.0 Å². The Kier molecular flexibility index (Phi) is 5.53. The molecule has 0 radical (unpaired) electrons. The lowest BCUT2D eigenvalue weighted by atomic mass is 10.4. The molecule has 0 fully saturated rings. The molecule has 0 spiro atoms. The lowest BCUT2D eigenvalue weighted by Gasteiger charge is -2.10. The van der Waals surface area contributed by atoms with E-state index in [1.807, 2.05) is 12.1 Å². The van der Waals surface area contributed by atoms with Gasteiger partial charge >= 0.3 is 6.03 Å². The number of amides is 2. The van der Waals surface area contributed by atoms with Crippen molar-refractivity contribution in [3.8, 4) is 11.8 Å². The molecule has 0 saturated heterocycles. The number of nitrogens with one attached hydrogen (secondary N) is 1. The van der Waals surface area contributed by atoms with Crippen LogP contribution in [0.25, 0.3) is 0 Å². The second kappa shape index (κ2) is 6.94. The average molecular weight is 252 g/mol. The fraction of sp³-hybridized carbons (Fsp3) is 0.417. The molecule has 0 saturated carbocycles. The number of aliphatic hydroxyl groups excluding tert-OH is 1. The average Bonchev–Trinajstić information content (AvgIpc) is 2.74. The van der Waals surface area contributed by atoms with Gasteiger partial charge in [0.15, 0.2) is 0 Å². The first-order valence-electron chi connectivity index (χ1n) is 5.27. The van der Waals surface area contributed by atoms with Gasteiger partial charge in [0, 0.05) is 25.4 Å². The van der Waals surface area contributed by atoms with Crippen LogP contribution in [0.3, 0.4) is 0 Å². The molecule has 1 rings (SSSR count). The second-order valence-electron chi connectivity index (χ2n) is 3.59. The van der Waals surface area contributed by atoms with Crippen molar-refractivity contribution < 1.29 is 9.90 Å². The summed E-state index contributed by atoms with van der Waals surface area (Å²) in [5.74, 6) is 5.82. The van der Waals surface area contributed by atoms with E-state index in [2.05, 4.69) is 17.2 Å². The largest absolute Gasteiger partial charge is 0.395 e. The van der Waals surface area contributed by atoms with Gasteiger partial charge in [-0.25, -0.2) is 4.79 Å². The minimum Gasteiger partial charge on any atom is -0.395 e. The maximum absolute atomic E-state index is 11.3. The van der Waals surface area contributed by atoms with Crippen molar-refractivity contribution in [1.29, 1.82) is 0 Å². The van der Waals surface area contributed by atoms with Crippen molar-refractivity contribution in [2.75, 3.05) is 20.7 Å². The van der Waals surface area contributed by atoms with Crippen LogP contribution in [0.15, 0.2) is 12.1 Å². The van der Waals surface area contributed by atoms with Gasteiger partial charge < -0.3 is 15.3 Å². The summed E-state index contributed by atoms with van der Waals surface area (Å²) in [4.78, 5) is 14.8. The molecule has 1 aromatic heterocycles. The standard InChI is InChI=1S/C12H16N2O2S/c1-14(2)12(16)13-9-11-7-6-10(17-11)5-3-4-8-15/h6-7,15H,4,8-9H2,1-2H3,(H,13,16). The Labute approximate surface area is 105 Å². The zero-order chi connectivity index (χ0) is 12.7. The quantitative estimate of drug-likeness (QED) is 0.796. The molecular formula is C12H16N2O2S. The molecule has 17 heavy (non-hydrogen) atoms.